The molecule has 0 aromatic heterocycles. The van der Waals surface area contributed by atoms with Crippen molar-refractivity contribution in [3.8, 4) is 0 Å². The number of carbonyl (C=O) groups excluding carboxylic acids is 1. The van der Waals surface area contributed by atoms with Crippen molar-refractivity contribution >= 4 is 11.9 Å². The molecule has 1 rings (SSSR count). The summed E-state index contributed by atoms with van der Waals surface area (Å²) in [6.45, 7) is 3.03. The Labute approximate surface area is 126 Å². The molecule has 0 fully saturated rings. The van der Waals surface area contributed by atoms with Crippen LogP contribution in [0.25, 0.3) is 0 Å². The maximum absolute atomic E-state index is 12.0. The number of rotatable bonds is 8. The molecule has 1 unspecified atom stereocenters. The van der Waals surface area contributed by atoms with Gasteiger partial charge < -0.3 is 15.3 Å². The predicted octanol–water partition coefficient (Wildman–Crippen LogP) is 1.49. The van der Waals surface area contributed by atoms with E-state index in [-0.39, 0.29) is 12.3 Å². The summed E-state index contributed by atoms with van der Waals surface area (Å²) < 4.78 is 0. The van der Waals surface area contributed by atoms with Gasteiger partial charge in [-0.3, -0.25) is 9.59 Å². The minimum Gasteiger partial charge on any atom is -0.481 e. The fraction of sp³-hybridized carbons (Fsp3) is 0.500. The SMILES string of the molecule is CN(C)CCCNC(=O)CC(C)(C(=O)O)c1ccccc1. The number of benzene rings is 1. The summed E-state index contributed by atoms with van der Waals surface area (Å²) in [7, 11) is 3.94. The molecular weight excluding hydrogens is 268 g/mol. The Hall–Kier alpha value is -1.88. The standard InChI is InChI=1S/C16H24N2O3/c1-16(15(20)21,13-8-5-4-6-9-13)12-14(19)17-10-7-11-18(2)3/h4-6,8-9H,7,10-12H2,1-3H3,(H,17,19)(H,20,21). The molecule has 1 aromatic carbocycles. The Bertz CT molecular complexity index is 474. The van der Waals surface area contributed by atoms with Crippen LogP contribution in [0.1, 0.15) is 25.3 Å². The lowest BCUT2D eigenvalue weighted by Crippen LogP contribution is -2.39. The highest BCUT2D eigenvalue weighted by molar-refractivity contribution is 5.89. The first-order valence-corrected chi connectivity index (χ1v) is 7.06. The number of carbonyl (C=O) groups is 2. The van der Waals surface area contributed by atoms with E-state index in [0.29, 0.717) is 12.1 Å². The van der Waals surface area contributed by atoms with E-state index < -0.39 is 11.4 Å². The second-order valence-electron chi connectivity index (χ2n) is 5.69. The number of nitrogens with zero attached hydrogens (tertiary/aromatic N) is 1. The van der Waals surface area contributed by atoms with Crippen molar-refractivity contribution in [2.24, 2.45) is 0 Å². The lowest BCUT2D eigenvalue weighted by atomic mass is 9.79. The molecular formula is C16H24N2O3. The van der Waals surface area contributed by atoms with Crippen molar-refractivity contribution in [2.75, 3.05) is 27.2 Å². The van der Waals surface area contributed by atoms with E-state index >= 15 is 0 Å². The highest BCUT2D eigenvalue weighted by atomic mass is 16.4. The number of hydrogen-bond acceptors (Lipinski definition) is 3. The molecule has 0 bridgehead atoms. The second kappa shape index (κ2) is 7.78. The Balaban J connectivity index is 2.63. The Morgan fingerprint density at radius 2 is 1.86 bits per heavy atom. The molecule has 0 spiro atoms. The van der Waals surface area contributed by atoms with Crippen LogP contribution in [0.4, 0.5) is 0 Å². The normalized spacial score (nSPS) is 13.7. The van der Waals surface area contributed by atoms with E-state index in [1.165, 1.54) is 0 Å². The van der Waals surface area contributed by atoms with Crippen LogP contribution in [-0.2, 0) is 15.0 Å². The van der Waals surface area contributed by atoms with Crippen molar-refractivity contribution in [2.45, 2.75) is 25.2 Å². The topological polar surface area (TPSA) is 69.6 Å². The maximum Gasteiger partial charge on any atom is 0.314 e. The van der Waals surface area contributed by atoms with E-state index in [1.54, 1.807) is 31.2 Å². The second-order valence-corrected chi connectivity index (χ2v) is 5.69. The van der Waals surface area contributed by atoms with Gasteiger partial charge in [-0.25, -0.2) is 0 Å². The van der Waals surface area contributed by atoms with E-state index in [9.17, 15) is 14.7 Å². The van der Waals surface area contributed by atoms with E-state index in [1.807, 2.05) is 25.1 Å². The predicted molar refractivity (Wildman–Crippen MR) is 82.2 cm³/mol. The summed E-state index contributed by atoms with van der Waals surface area (Å²) in [5.74, 6) is -1.22. The summed E-state index contributed by atoms with van der Waals surface area (Å²) >= 11 is 0. The molecule has 0 saturated heterocycles. The third-order valence-corrected chi connectivity index (χ3v) is 3.50. The minimum absolute atomic E-state index is 0.0612. The average molecular weight is 292 g/mol. The van der Waals surface area contributed by atoms with Crippen LogP contribution in [0.15, 0.2) is 30.3 Å². The molecule has 2 N–H and O–H groups in total. The van der Waals surface area contributed by atoms with Gasteiger partial charge in [-0.1, -0.05) is 30.3 Å². The molecule has 21 heavy (non-hydrogen) atoms. The van der Waals surface area contributed by atoms with Gasteiger partial charge in [-0.05, 0) is 39.5 Å². The average Bonchev–Trinajstić information content (AvgIpc) is 2.44. The first kappa shape index (κ1) is 17.2. The van der Waals surface area contributed by atoms with Crippen LogP contribution < -0.4 is 5.32 Å². The summed E-state index contributed by atoms with van der Waals surface area (Å²) in [6.07, 6.45) is 0.780. The molecule has 0 aliphatic rings. The van der Waals surface area contributed by atoms with Gasteiger partial charge in [0, 0.05) is 13.0 Å². The van der Waals surface area contributed by atoms with Crippen molar-refractivity contribution in [1.82, 2.24) is 10.2 Å². The number of carboxylic acids is 1. The van der Waals surface area contributed by atoms with E-state index in [2.05, 4.69) is 5.32 Å². The number of aliphatic carboxylic acids is 1. The van der Waals surface area contributed by atoms with Crippen LogP contribution in [0.2, 0.25) is 0 Å². The summed E-state index contributed by atoms with van der Waals surface area (Å²) in [5.41, 5.74) is -0.562. The van der Waals surface area contributed by atoms with Gasteiger partial charge in [0.15, 0.2) is 0 Å². The van der Waals surface area contributed by atoms with E-state index in [0.717, 1.165) is 13.0 Å². The highest BCUT2D eigenvalue weighted by Crippen LogP contribution is 2.27. The minimum atomic E-state index is -1.20. The third-order valence-electron chi connectivity index (χ3n) is 3.50. The Morgan fingerprint density at radius 1 is 1.24 bits per heavy atom. The zero-order chi connectivity index (χ0) is 15.9. The number of amides is 1. The Kier molecular flexibility index (Phi) is 6.37. The van der Waals surface area contributed by atoms with Crippen molar-refractivity contribution < 1.29 is 14.7 Å². The van der Waals surface area contributed by atoms with Gasteiger partial charge in [0.25, 0.3) is 0 Å². The van der Waals surface area contributed by atoms with E-state index in [4.69, 9.17) is 0 Å². The summed E-state index contributed by atoms with van der Waals surface area (Å²) in [5, 5.41) is 12.3. The molecule has 1 atom stereocenters. The fourth-order valence-corrected chi connectivity index (χ4v) is 2.11. The molecule has 5 heteroatoms. The van der Waals surface area contributed by atoms with Gasteiger partial charge in [-0.15, -0.1) is 0 Å². The van der Waals surface area contributed by atoms with Crippen molar-refractivity contribution in [1.29, 1.82) is 0 Å². The summed E-state index contributed by atoms with van der Waals surface area (Å²) in [4.78, 5) is 25.6. The lowest BCUT2D eigenvalue weighted by Gasteiger charge is -2.24. The van der Waals surface area contributed by atoms with Crippen LogP contribution in [0, 0.1) is 0 Å². The molecule has 0 radical (unpaired) electrons. The third kappa shape index (κ3) is 5.19. The monoisotopic (exact) mass is 292 g/mol. The van der Waals surface area contributed by atoms with Gasteiger partial charge >= 0.3 is 5.97 Å². The molecule has 0 saturated carbocycles. The van der Waals surface area contributed by atoms with Crippen molar-refractivity contribution in [3.63, 3.8) is 0 Å². The molecule has 1 amide bonds. The van der Waals surface area contributed by atoms with Crippen LogP contribution in [0.3, 0.4) is 0 Å². The number of nitrogens with one attached hydrogen (secondary N) is 1. The Morgan fingerprint density at radius 3 is 2.38 bits per heavy atom. The van der Waals surface area contributed by atoms with Crippen LogP contribution in [0.5, 0.6) is 0 Å². The van der Waals surface area contributed by atoms with Gasteiger partial charge in [-0.2, -0.15) is 0 Å². The van der Waals surface area contributed by atoms with Crippen molar-refractivity contribution in [3.05, 3.63) is 35.9 Å². The highest BCUT2D eigenvalue weighted by Gasteiger charge is 2.37. The first-order valence-electron chi connectivity index (χ1n) is 7.06. The van der Waals surface area contributed by atoms with Gasteiger partial charge in [0.05, 0.1) is 5.41 Å². The quantitative estimate of drug-likeness (QED) is 0.712. The maximum atomic E-state index is 12.0. The molecule has 116 valence electrons. The number of hydrogen-bond donors (Lipinski definition) is 2. The molecule has 0 aliphatic carbocycles. The van der Waals surface area contributed by atoms with Crippen LogP contribution in [-0.4, -0.2) is 49.1 Å². The number of carboxylic acid groups (broad SMARTS) is 1. The summed E-state index contributed by atoms with van der Waals surface area (Å²) in [6, 6.07) is 8.88. The lowest BCUT2D eigenvalue weighted by molar-refractivity contribution is -0.145. The first-order chi connectivity index (χ1) is 9.86. The largest absolute Gasteiger partial charge is 0.481 e. The smallest absolute Gasteiger partial charge is 0.314 e. The van der Waals surface area contributed by atoms with Gasteiger partial charge in [0.2, 0.25) is 5.91 Å². The molecule has 5 nitrogen and oxygen atoms in total. The van der Waals surface area contributed by atoms with Gasteiger partial charge in [0.1, 0.15) is 0 Å². The fourth-order valence-electron chi connectivity index (χ4n) is 2.11. The van der Waals surface area contributed by atoms with Crippen LogP contribution >= 0.6 is 0 Å². The zero-order valence-corrected chi connectivity index (χ0v) is 12.9. The molecule has 0 heterocycles. The molecule has 1 aromatic rings. The zero-order valence-electron chi connectivity index (χ0n) is 12.9. The molecule has 0 aliphatic heterocycles.